The van der Waals surface area contributed by atoms with Crippen LogP contribution < -0.4 is 4.74 Å². The molecule has 2 heteroatoms. The average molecular weight is 294 g/mol. The van der Waals surface area contributed by atoms with E-state index < -0.39 is 0 Å². The predicted octanol–water partition coefficient (Wildman–Crippen LogP) is 5.46. The molecule has 0 amide bonds. The molecule has 0 saturated carbocycles. The fraction of sp³-hybridized carbons (Fsp3) is 0.300. The normalized spacial score (nSPS) is 19.6. The third-order valence-electron chi connectivity index (χ3n) is 4.15. The molecule has 1 aliphatic rings. The van der Waals surface area contributed by atoms with Crippen LogP contribution in [-0.4, -0.2) is 10.7 Å². The molecule has 1 atom stereocenters. The Labute approximate surface area is 131 Å². The second-order valence-corrected chi connectivity index (χ2v) is 6.45. The van der Waals surface area contributed by atoms with E-state index in [2.05, 4.69) is 39.0 Å². The molecule has 22 heavy (non-hydrogen) atoms. The maximum absolute atomic E-state index is 9.73. The minimum Gasteiger partial charge on any atom is -0.508 e. The van der Waals surface area contributed by atoms with Gasteiger partial charge in [0.05, 0.1) is 0 Å². The lowest BCUT2D eigenvalue weighted by atomic mass is 9.92. The van der Waals surface area contributed by atoms with Crippen LogP contribution in [-0.2, 0) is 0 Å². The van der Waals surface area contributed by atoms with E-state index in [4.69, 9.17) is 4.74 Å². The maximum Gasteiger partial charge on any atom is 0.128 e. The Morgan fingerprint density at radius 1 is 1.23 bits per heavy atom. The van der Waals surface area contributed by atoms with E-state index >= 15 is 0 Å². The van der Waals surface area contributed by atoms with Crippen LogP contribution >= 0.6 is 0 Å². The Morgan fingerprint density at radius 3 is 2.77 bits per heavy atom. The van der Waals surface area contributed by atoms with Crippen molar-refractivity contribution in [2.75, 3.05) is 0 Å². The summed E-state index contributed by atoms with van der Waals surface area (Å²) in [6.07, 6.45) is 8.47. The monoisotopic (exact) mass is 294 g/mol. The zero-order valence-corrected chi connectivity index (χ0v) is 13.4. The number of ether oxygens (including phenoxy) is 1. The molecule has 0 bridgehead atoms. The van der Waals surface area contributed by atoms with Gasteiger partial charge in [0.2, 0.25) is 0 Å². The number of fused-ring (bicyclic) bond motifs is 3. The van der Waals surface area contributed by atoms with Crippen LogP contribution in [0.5, 0.6) is 11.5 Å². The van der Waals surface area contributed by atoms with Gasteiger partial charge in [-0.25, -0.2) is 0 Å². The zero-order valence-electron chi connectivity index (χ0n) is 13.4. The van der Waals surface area contributed by atoms with E-state index in [1.807, 2.05) is 18.2 Å². The van der Waals surface area contributed by atoms with Gasteiger partial charge in [-0.3, -0.25) is 0 Å². The number of allylic oxidation sites excluding steroid dienone is 2. The standard InChI is InChI=1S/C20H22O2/c1-14(2)5-4-11-20(3)12-10-17-18-13-16(21)8-6-15(18)7-9-19(17)22-20/h5-10,12-13,21H,4,11H2,1-3H3/t20-/m0/s1. The highest BCUT2D eigenvalue weighted by Crippen LogP contribution is 2.38. The Morgan fingerprint density at radius 2 is 2.00 bits per heavy atom. The SMILES string of the molecule is CC(C)=CCC[C@@]1(C)C=Cc2c(ccc3ccc(O)cc23)O1. The molecule has 0 radical (unpaired) electrons. The molecule has 0 fully saturated rings. The fourth-order valence-electron chi connectivity index (χ4n) is 2.90. The second kappa shape index (κ2) is 5.53. The summed E-state index contributed by atoms with van der Waals surface area (Å²) in [7, 11) is 0. The third kappa shape index (κ3) is 2.87. The first kappa shape index (κ1) is 14.7. The molecule has 0 aromatic heterocycles. The molecule has 114 valence electrons. The van der Waals surface area contributed by atoms with Gasteiger partial charge in [0.1, 0.15) is 17.1 Å². The highest BCUT2D eigenvalue weighted by atomic mass is 16.5. The van der Waals surface area contributed by atoms with E-state index in [9.17, 15) is 5.11 Å². The van der Waals surface area contributed by atoms with Crippen LogP contribution in [0.3, 0.4) is 0 Å². The summed E-state index contributed by atoms with van der Waals surface area (Å²) in [5, 5.41) is 11.9. The minimum absolute atomic E-state index is 0.274. The number of aromatic hydroxyl groups is 1. The molecule has 0 unspecified atom stereocenters. The number of phenols is 1. The van der Waals surface area contributed by atoms with Gasteiger partial charge in [0.25, 0.3) is 0 Å². The first-order valence-electron chi connectivity index (χ1n) is 7.74. The van der Waals surface area contributed by atoms with Gasteiger partial charge in [-0.05, 0) is 68.7 Å². The predicted molar refractivity (Wildman–Crippen MR) is 92.3 cm³/mol. The summed E-state index contributed by atoms with van der Waals surface area (Å²) in [6, 6.07) is 9.52. The topological polar surface area (TPSA) is 29.5 Å². The van der Waals surface area contributed by atoms with Crippen molar-refractivity contribution in [1.82, 2.24) is 0 Å². The third-order valence-corrected chi connectivity index (χ3v) is 4.15. The van der Waals surface area contributed by atoms with E-state index in [-0.39, 0.29) is 11.4 Å². The summed E-state index contributed by atoms with van der Waals surface area (Å²) >= 11 is 0. The Kier molecular flexibility index (Phi) is 3.69. The van der Waals surface area contributed by atoms with Crippen molar-refractivity contribution in [3.8, 4) is 11.5 Å². The van der Waals surface area contributed by atoms with E-state index in [0.717, 1.165) is 34.9 Å². The van der Waals surface area contributed by atoms with Crippen molar-refractivity contribution in [1.29, 1.82) is 0 Å². The van der Waals surface area contributed by atoms with E-state index in [0.29, 0.717) is 0 Å². The number of benzene rings is 2. The number of hydrogen-bond donors (Lipinski definition) is 1. The van der Waals surface area contributed by atoms with Crippen molar-refractivity contribution in [2.45, 2.75) is 39.2 Å². The average Bonchev–Trinajstić information content (AvgIpc) is 2.46. The molecule has 1 aliphatic heterocycles. The number of hydrogen-bond acceptors (Lipinski definition) is 2. The molecular formula is C20H22O2. The molecule has 2 nitrogen and oxygen atoms in total. The zero-order chi connectivity index (χ0) is 15.7. The molecule has 0 spiro atoms. The molecule has 2 aromatic rings. The smallest absolute Gasteiger partial charge is 0.128 e. The lowest BCUT2D eigenvalue weighted by Gasteiger charge is -2.32. The van der Waals surface area contributed by atoms with Crippen LogP contribution in [0.25, 0.3) is 16.8 Å². The van der Waals surface area contributed by atoms with Crippen LogP contribution in [0, 0.1) is 0 Å². The Hall–Kier alpha value is -2.22. The summed E-state index contributed by atoms with van der Waals surface area (Å²) in [5.74, 6) is 1.17. The van der Waals surface area contributed by atoms with Gasteiger partial charge in [0.15, 0.2) is 0 Å². The number of phenolic OH excluding ortho intramolecular Hbond substituents is 1. The van der Waals surface area contributed by atoms with Crippen molar-refractivity contribution < 1.29 is 9.84 Å². The van der Waals surface area contributed by atoms with Crippen molar-refractivity contribution in [2.24, 2.45) is 0 Å². The summed E-state index contributed by atoms with van der Waals surface area (Å²) < 4.78 is 6.25. The molecule has 1 heterocycles. The highest BCUT2D eigenvalue weighted by Gasteiger charge is 2.27. The first-order chi connectivity index (χ1) is 10.5. The van der Waals surface area contributed by atoms with Crippen LogP contribution in [0.15, 0.2) is 48.1 Å². The maximum atomic E-state index is 9.73. The van der Waals surface area contributed by atoms with Gasteiger partial charge in [-0.2, -0.15) is 0 Å². The van der Waals surface area contributed by atoms with Gasteiger partial charge >= 0.3 is 0 Å². The second-order valence-electron chi connectivity index (χ2n) is 6.45. The van der Waals surface area contributed by atoms with E-state index in [1.165, 1.54) is 5.57 Å². The van der Waals surface area contributed by atoms with Gasteiger partial charge in [-0.15, -0.1) is 0 Å². The van der Waals surface area contributed by atoms with Crippen LogP contribution in [0.4, 0.5) is 0 Å². The number of rotatable bonds is 3. The van der Waals surface area contributed by atoms with Crippen molar-refractivity contribution >= 4 is 16.8 Å². The van der Waals surface area contributed by atoms with Crippen LogP contribution in [0.2, 0.25) is 0 Å². The van der Waals surface area contributed by atoms with Crippen LogP contribution in [0.1, 0.15) is 39.2 Å². The van der Waals surface area contributed by atoms with Crippen molar-refractivity contribution in [3.05, 3.63) is 53.6 Å². The minimum atomic E-state index is -0.274. The lowest BCUT2D eigenvalue weighted by molar-refractivity contribution is 0.129. The van der Waals surface area contributed by atoms with Gasteiger partial charge in [0, 0.05) is 5.56 Å². The molecule has 0 aliphatic carbocycles. The highest BCUT2D eigenvalue weighted by molar-refractivity contribution is 5.94. The molecular weight excluding hydrogens is 272 g/mol. The molecule has 1 N–H and O–H groups in total. The van der Waals surface area contributed by atoms with Crippen molar-refractivity contribution in [3.63, 3.8) is 0 Å². The summed E-state index contributed by atoms with van der Waals surface area (Å²) in [5.41, 5.74) is 2.11. The van der Waals surface area contributed by atoms with Gasteiger partial charge in [-0.1, -0.05) is 29.9 Å². The Balaban J connectivity index is 1.93. The molecule has 0 saturated heterocycles. The quantitative estimate of drug-likeness (QED) is 0.762. The lowest BCUT2D eigenvalue weighted by Crippen LogP contribution is -2.31. The molecule has 2 aromatic carbocycles. The summed E-state index contributed by atoms with van der Waals surface area (Å²) in [4.78, 5) is 0. The Bertz CT molecular complexity index is 767. The summed E-state index contributed by atoms with van der Waals surface area (Å²) in [6.45, 7) is 6.36. The van der Waals surface area contributed by atoms with E-state index in [1.54, 1.807) is 12.1 Å². The largest absolute Gasteiger partial charge is 0.508 e. The van der Waals surface area contributed by atoms with Gasteiger partial charge < -0.3 is 9.84 Å². The first-order valence-corrected chi connectivity index (χ1v) is 7.74. The fourth-order valence-corrected chi connectivity index (χ4v) is 2.90. The molecule has 3 rings (SSSR count).